The van der Waals surface area contributed by atoms with Gasteiger partial charge < -0.3 is 53.0 Å². The smallest absolute Gasteiger partial charge is 0.0701 e. The molecule has 0 unspecified atom stereocenters. The minimum atomic E-state index is 0.0375. The van der Waals surface area contributed by atoms with Crippen molar-refractivity contribution < 1.29 is 48.1 Å². The van der Waals surface area contributed by atoms with Gasteiger partial charge in [-0.05, 0) is 25.8 Å². The minimum Gasteiger partial charge on any atom is -0.394 e. The van der Waals surface area contributed by atoms with Crippen LogP contribution in [-0.4, -0.2) is 154 Å². The Labute approximate surface area is 275 Å². The Morgan fingerprint density at radius 2 is 0.578 bits per heavy atom. The van der Waals surface area contributed by atoms with Crippen molar-refractivity contribution in [3.63, 3.8) is 0 Å². The van der Waals surface area contributed by atoms with Crippen LogP contribution in [0.2, 0.25) is 0 Å². The zero-order valence-electron chi connectivity index (χ0n) is 28.9. The molecule has 0 fully saturated rings. The van der Waals surface area contributed by atoms with Gasteiger partial charge in [-0.25, -0.2) is 0 Å². The second-order valence-electron chi connectivity index (χ2n) is 11.1. The Bertz CT molecular complexity index is 489. The van der Waals surface area contributed by atoms with Crippen molar-refractivity contribution in [3.8, 4) is 0 Å². The Morgan fingerprint density at radius 3 is 0.911 bits per heavy atom. The van der Waals surface area contributed by atoms with Crippen LogP contribution in [-0.2, 0) is 37.9 Å². The van der Waals surface area contributed by atoms with E-state index >= 15 is 0 Å². The highest BCUT2D eigenvalue weighted by Crippen LogP contribution is 2.11. The van der Waals surface area contributed by atoms with Crippen LogP contribution in [0.5, 0.6) is 0 Å². The lowest BCUT2D eigenvalue weighted by molar-refractivity contribution is -0.00699. The average molecular weight is 654 g/mol. The topological polar surface area (TPSA) is 118 Å². The summed E-state index contributed by atoms with van der Waals surface area (Å²) in [4.78, 5) is 2.56. The van der Waals surface area contributed by atoms with E-state index in [0.717, 1.165) is 45.7 Å². The van der Waals surface area contributed by atoms with Crippen molar-refractivity contribution in [1.82, 2.24) is 4.90 Å². The van der Waals surface area contributed by atoms with E-state index in [1.165, 1.54) is 64.2 Å². The summed E-state index contributed by atoms with van der Waals surface area (Å²) in [6, 6.07) is 0. The summed E-state index contributed by atoms with van der Waals surface area (Å²) >= 11 is 0. The van der Waals surface area contributed by atoms with Gasteiger partial charge in [-0.3, -0.25) is 0 Å². The fourth-order valence-electron chi connectivity index (χ4n) is 4.59. The molecule has 0 saturated carbocycles. The first-order valence-corrected chi connectivity index (χ1v) is 17.9. The molecule has 0 aromatic rings. The molecule has 0 aromatic heterocycles. The van der Waals surface area contributed by atoms with Crippen LogP contribution in [0.15, 0.2) is 0 Å². The average Bonchev–Trinajstić information content (AvgIpc) is 3.05. The molecular weight excluding hydrogens is 582 g/mol. The summed E-state index contributed by atoms with van der Waals surface area (Å²) < 4.78 is 43.8. The van der Waals surface area contributed by atoms with Gasteiger partial charge in [0.1, 0.15) is 0 Å². The molecule has 2 N–H and O–H groups in total. The largest absolute Gasteiger partial charge is 0.394 e. The zero-order valence-corrected chi connectivity index (χ0v) is 28.9. The number of nitrogens with zero attached hydrogens (tertiary/aromatic N) is 1. The summed E-state index contributed by atoms with van der Waals surface area (Å²) in [7, 11) is 0. The van der Waals surface area contributed by atoms with Crippen LogP contribution in [0.25, 0.3) is 0 Å². The third kappa shape index (κ3) is 39.7. The van der Waals surface area contributed by atoms with Crippen molar-refractivity contribution in [2.24, 2.45) is 0 Å². The molecule has 0 aromatic carbocycles. The fraction of sp³-hybridized carbons (Fsp3) is 1.00. The maximum Gasteiger partial charge on any atom is 0.0701 e. The maximum absolute atomic E-state index is 8.66. The first-order valence-electron chi connectivity index (χ1n) is 17.9. The third-order valence-electron chi connectivity index (χ3n) is 7.06. The van der Waals surface area contributed by atoms with E-state index in [0.29, 0.717) is 92.5 Å². The number of aliphatic hydroxyl groups excluding tert-OH is 2. The molecule has 0 bridgehead atoms. The lowest BCUT2D eigenvalue weighted by Gasteiger charge is -2.22. The van der Waals surface area contributed by atoms with Gasteiger partial charge in [0.25, 0.3) is 0 Å². The van der Waals surface area contributed by atoms with Crippen LogP contribution in [0.3, 0.4) is 0 Å². The molecule has 0 saturated heterocycles. The van der Waals surface area contributed by atoms with E-state index in [2.05, 4.69) is 11.8 Å². The maximum atomic E-state index is 8.66. The molecule has 0 aliphatic heterocycles. The quantitative estimate of drug-likeness (QED) is 0.0929. The number of hydrogen-bond donors (Lipinski definition) is 2. The van der Waals surface area contributed by atoms with Crippen LogP contribution >= 0.6 is 0 Å². The van der Waals surface area contributed by atoms with Gasteiger partial charge in [-0.15, -0.1) is 0 Å². The predicted octanol–water partition coefficient (Wildman–Crippen LogP) is 4.11. The van der Waals surface area contributed by atoms with Gasteiger partial charge in [0.15, 0.2) is 0 Å². The standard InChI is InChI=1S/C34H71NO10/c1-2-3-4-5-6-7-8-9-10-11-14-35(15-12-19-38-23-27-42-31-33-44-29-25-40-21-17-36)16-13-20-39-24-28-43-32-34-45-30-26-41-22-18-37/h36-37H,2-34H2,1H3. The van der Waals surface area contributed by atoms with Crippen molar-refractivity contribution >= 4 is 0 Å². The van der Waals surface area contributed by atoms with Crippen molar-refractivity contribution in [2.75, 3.05) is 139 Å². The summed E-state index contributed by atoms with van der Waals surface area (Å²) in [5.74, 6) is 0. The van der Waals surface area contributed by atoms with Crippen LogP contribution in [0.4, 0.5) is 0 Å². The Kier molecular flexibility index (Phi) is 41.2. The molecule has 0 amide bonds. The lowest BCUT2D eigenvalue weighted by atomic mass is 10.1. The SMILES string of the molecule is CCCCCCCCCCCCN(CCCOCCOCCOCCOCCO)CCCOCCOCCOCCOCCO. The number of hydrogen-bond acceptors (Lipinski definition) is 11. The van der Waals surface area contributed by atoms with Crippen LogP contribution in [0, 0.1) is 0 Å². The Hall–Kier alpha value is -0.440. The van der Waals surface area contributed by atoms with E-state index in [-0.39, 0.29) is 13.2 Å². The molecule has 0 radical (unpaired) electrons. The second-order valence-corrected chi connectivity index (χ2v) is 11.1. The summed E-state index contributed by atoms with van der Waals surface area (Å²) in [6.45, 7) is 14.2. The van der Waals surface area contributed by atoms with Gasteiger partial charge >= 0.3 is 0 Å². The van der Waals surface area contributed by atoms with Gasteiger partial charge in [-0.1, -0.05) is 64.7 Å². The number of aliphatic hydroxyl groups is 2. The van der Waals surface area contributed by atoms with Gasteiger partial charge in [0.05, 0.1) is 106 Å². The summed E-state index contributed by atoms with van der Waals surface area (Å²) in [5.41, 5.74) is 0. The molecule has 11 heteroatoms. The molecule has 0 aliphatic rings. The molecule has 0 aliphatic carbocycles. The fourth-order valence-corrected chi connectivity index (χ4v) is 4.59. The van der Waals surface area contributed by atoms with Crippen molar-refractivity contribution in [2.45, 2.75) is 84.0 Å². The number of ether oxygens (including phenoxy) is 8. The molecule has 11 nitrogen and oxygen atoms in total. The van der Waals surface area contributed by atoms with E-state index in [9.17, 15) is 0 Å². The summed E-state index contributed by atoms with van der Waals surface area (Å²) in [6.07, 6.45) is 15.6. The first kappa shape index (κ1) is 44.6. The van der Waals surface area contributed by atoms with Crippen molar-refractivity contribution in [1.29, 1.82) is 0 Å². The third-order valence-corrected chi connectivity index (χ3v) is 7.06. The first-order chi connectivity index (χ1) is 22.3. The van der Waals surface area contributed by atoms with Gasteiger partial charge in [-0.2, -0.15) is 0 Å². The molecule has 0 rings (SSSR count). The summed E-state index contributed by atoms with van der Waals surface area (Å²) in [5, 5.41) is 17.3. The van der Waals surface area contributed by atoms with Gasteiger partial charge in [0.2, 0.25) is 0 Å². The predicted molar refractivity (Wildman–Crippen MR) is 178 cm³/mol. The normalized spacial score (nSPS) is 11.7. The lowest BCUT2D eigenvalue weighted by Crippen LogP contribution is -2.29. The highest BCUT2D eigenvalue weighted by molar-refractivity contribution is 4.60. The highest BCUT2D eigenvalue weighted by atomic mass is 16.6. The molecule has 272 valence electrons. The van der Waals surface area contributed by atoms with Crippen LogP contribution < -0.4 is 0 Å². The zero-order chi connectivity index (χ0) is 32.6. The van der Waals surface area contributed by atoms with Crippen molar-refractivity contribution in [3.05, 3.63) is 0 Å². The molecule has 0 heterocycles. The molecule has 0 spiro atoms. The van der Waals surface area contributed by atoms with E-state index < -0.39 is 0 Å². The highest BCUT2D eigenvalue weighted by Gasteiger charge is 2.05. The van der Waals surface area contributed by atoms with E-state index in [1.807, 2.05) is 0 Å². The Balaban J connectivity index is 3.88. The Morgan fingerprint density at radius 1 is 0.311 bits per heavy atom. The van der Waals surface area contributed by atoms with E-state index in [4.69, 9.17) is 48.1 Å². The number of rotatable bonds is 41. The number of unbranched alkanes of at least 4 members (excludes halogenated alkanes) is 9. The second kappa shape index (κ2) is 41.6. The molecule has 0 atom stereocenters. The molecule has 45 heavy (non-hydrogen) atoms. The van der Waals surface area contributed by atoms with Crippen LogP contribution in [0.1, 0.15) is 84.0 Å². The van der Waals surface area contributed by atoms with Gasteiger partial charge in [0, 0.05) is 26.3 Å². The monoisotopic (exact) mass is 654 g/mol. The van der Waals surface area contributed by atoms with E-state index in [1.54, 1.807) is 0 Å². The molecular formula is C34H71NO10. The minimum absolute atomic E-state index is 0.0375.